The quantitative estimate of drug-likeness (QED) is 0.263. The molecule has 2 fully saturated rings. The van der Waals surface area contributed by atoms with Crippen molar-refractivity contribution >= 4 is 28.1 Å². The predicted molar refractivity (Wildman–Crippen MR) is 148 cm³/mol. The van der Waals surface area contributed by atoms with Gasteiger partial charge >= 0.3 is 6.03 Å². The van der Waals surface area contributed by atoms with Crippen molar-refractivity contribution in [3.05, 3.63) is 65.9 Å². The highest BCUT2D eigenvalue weighted by molar-refractivity contribution is 8.25. The summed E-state index contributed by atoms with van der Waals surface area (Å²) < 4.78 is 56.5. The van der Waals surface area contributed by atoms with Crippen molar-refractivity contribution in [3.8, 4) is 11.4 Å². The highest BCUT2D eigenvalue weighted by Gasteiger charge is 2.59. The minimum Gasteiger partial charge on any atom is -0.395 e. The largest absolute Gasteiger partial charge is 0.395 e. The third kappa shape index (κ3) is 5.34. The standard InChI is InChI=1S/C27H31F2N5O5S/c1-17-16-39-14-12-34(17)23-15-22(27(9-10-27)40(37,38)24-20(28)3-2-4-21(24)29)32-25(33-23)18-5-7-19(8-6-18)31-26(36)30-11-13-35/h2-8,15,17,35,37-38H,9-14,16H2,1H3,(H2,30,31,36)/t17-/m0/s1. The topological polar surface area (TPSA) is 140 Å². The highest BCUT2D eigenvalue weighted by Crippen LogP contribution is 2.75. The second-order valence-electron chi connectivity index (χ2n) is 9.83. The van der Waals surface area contributed by atoms with Crippen molar-refractivity contribution < 1.29 is 32.5 Å². The van der Waals surface area contributed by atoms with Gasteiger partial charge in [0.15, 0.2) is 5.82 Å². The first kappa shape index (κ1) is 28.2. The molecule has 1 atom stereocenters. The van der Waals surface area contributed by atoms with Crippen LogP contribution in [0.4, 0.5) is 25.1 Å². The molecule has 0 spiro atoms. The van der Waals surface area contributed by atoms with Crippen LogP contribution in [-0.2, 0) is 9.48 Å². The van der Waals surface area contributed by atoms with Crippen LogP contribution >= 0.6 is 10.6 Å². The predicted octanol–water partition coefficient (Wildman–Crippen LogP) is 4.56. The molecular weight excluding hydrogens is 544 g/mol. The number of nitrogens with zero attached hydrogens (tertiary/aromatic N) is 3. The maximum atomic E-state index is 14.7. The van der Waals surface area contributed by atoms with Crippen molar-refractivity contribution in [1.29, 1.82) is 0 Å². The summed E-state index contributed by atoms with van der Waals surface area (Å²) in [7, 11) is -3.99. The summed E-state index contributed by atoms with van der Waals surface area (Å²) in [6, 6.07) is 11.1. The lowest BCUT2D eigenvalue weighted by Crippen LogP contribution is -2.44. The second-order valence-corrected chi connectivity index (χ2v) is 12.1. The number of urea groups is 1. The molecule has 5 N–H and O–H groups in total. The minimum absolute atomic E-state index is 0.0205. The number of carbonyl (C=O) groups is 1. The zero-order chi connectivity index (χ0) is 28.5. The van der Waals surface area contributed by atoms with Gasteiger partial charge in [0.05, 0.1) is 31.6 Å². The molecule has 2 aliphatic rings. The summed E-state index contributed by atoms with van der Waals surface area (Å²) in [5.74, 6) is -1.21. The number of hydrogen-bond donors (Lipinski definition) is 5. The molecule has 0 unspecified atom stereocenters. The fraction of sp³-hybridized carbons (Fsp3) is 0.370. The van der Waals surface area contributed by atoms with E-state index >= 15 is 0 Å². The number of amides is 2. The summed E-state index contributed by atoms with van der Waals surface area (Å²) in [4.78, 5) is 22.7. The van der Waals surface area contributed by atoms with Gasteiger partial charge in [0, 0.05) is 30.4 Å². The smallest absolute Gasteiger partial charge is 0.319 e. The summed E-state index contributed by atoms with van der Waals surface area (Å²) in [5, 5.41) is 14.0. The van der Waals surface area contributed by atoms with Gasteiger partial charge in [-0.05, 0) is 56.2 Å². The first-order valence-corrected chi connectivity index (χ1v) is 14.4. The number of aliphatic hydroxyl groups excluding tert-OH is 1. The van der Waals surface area contributed by atoms with E-state index < -0.39 is 37.9 Å². The van der Waals surface area contributed by atoms with E-state index in [1.165, 1.54) is 6.07 Å². The summed E-state index contributed by atoms with van der Waals surface area (Å²) in [6.45, 7) is 3.43. The van der Waals surface area contributed by atoms with Crippen LogP contribution in [0.3, 0.4) is 0 Å². The van der Waals surface area contributed by atoms with Gasteiger partial charge in [-0.3, -0.25) is 9.11 Å². The lowest BCUT2D eigenvalue weighted by molar-refractivity contribution is 0.0985. The molecule has 1 saturated heterocycles. The first-order valence-electron chi connectivity index (χ1n) is 12.9. The Morgan fingerprint density at radius 2 is 1.85 bits per heavy atom. The van der Waals surface area contributed by atoms with Crippen molar-refractivity contribution in [2.45, 2.75) is 35.4 Å². The van der Waals surface area contributed by atoms with Crippen LogP contribution in [0.1, 0.15) is 25.5 Å². The van der Waals surface area contributed by atoms with Gasteiger partial charge in [0.1, 0.15) is 27.1 Å². The second kappa shape index (κ2) is 11.3. The number of anilines is 2. The Hall–Kier alpha value is -3.36. The Bertz CT molecular complexity index is 1370. The normalized spacial score (nSPS) is 18.8. The first-order chi connectivity index (χ1) is 19.2. The molecule has 0 radical (unpaired) electrons. The Kier molecular flexibility index (Phi) is 7.93. The summed E-state index contributed by atoms with van der Waals surface area (Å²) in [6.07, 6.45) is 0.562. The van der Waals surface area contributed by atoms with Crippen LogP contribution in [0.5, 0.6) is 0 Å². The molecule has 1 aliphatic carbocycles. The molecular formula is C27H31F2N5O5S. The number of aliphatic hydroxyl groups is 1. The van der Waals surface area contributed by atoms with E-state index in [1.54, 1.807) is 30.3 Å². The van der Waals surface area contributed by atoms with Crippen LogP contribution < -0.4 is 15.5 Å². The molecule has 13 heteroatoms. The number of benzene rings is 2. The number of halogens is 2. The van der Waals surface area contributed by atoms with Gasteiger partial charge in [0.25, 0.3) is 0 Å². The van der Waals surface area contributed by atoms with Gasteiger partial charge < -0.3 is 25.4 Å². The number of aromatic nitrogens is 2. The molecule has 1 saturated carbocycles. The zero-order valence-electron chi connectivity index (χ0n) is 21.8. The van der Waals surface area contributed by atoms with Crippen molar-refractivity contribution in [2.24, 2.45) is 0 Å². The van der Waals surface area contributed by atoms with Crippen molar-refractivity contribution in [2.75, 3.05) is 43.1 Å². The summed E-state index contributed by atoms with van der Waals surface area (Å²) in [5.41, 5.74) is 1.38. The zero-order valence-corrected chi connectivity index (χ0v) is 22.6. The molecule has 5 rings (SSSR count). The molecule has 2 amide bonds. The van der Waals surface area contributed by atoms with Crippen molar-refractivity contribution in [1.82, 2.24) is 15.3 Å². The Labute approximate surface area is 231 Å². The van der Waals surface area contributed by atoms with Gasteiger partial charge in [-0.2, -0.15) is 10.6 Å². The van der Waals surface area contributed by atoms with Gasteiger partial charge in [0.2, 0.25) is 0 Å². The molecule has 2 heterocycles. The summed E-state index contributed by atoms with van der Waals surface area (Å²) >= 11 is 0. The third-order valence-electron chi connectivity index (χ3n) is 7.09. The van der Waals surface area contributed by atoms with E-state index in [0.717, 1.165) is 12.1 Å². The van der Waals surface area contributed by atoms with Gasteiger partial charge in [-0.1, -0.05) is 6.07 Å². The fourth-order valence-electron chi connectivity index (χ4n) is 4.81. The lowest BCUT2D eigenvalue weighted by Gasteiger charge is -2.41. The van der Waals surface area contributed by atoms with Crippen molar-refractivity contribution in [3.63, 3.8) is 0 Å². The van der Waals surface area contributed by atoms with Crippen LogP contribution in [-0.4, -0.2) is 69.2 Å². The molecule has 10 nitrogen and oxygen atoms in total. The molecule has 3 aromatic rings. The average molecular weight is 576 g/mol. The average Bonchev–Trinajstić information content (AvgIpc) is 3.75. The molecule has 1 aliphatic heterocycles. The maximum absolute atomic E-state index is 14.7. The van der Waals surface area contributed by atoms with Crippen LogP contribution in [0, 0.1) is 11.6 Å². The minimum atomic E-state index is -3.99. The van der Waals surface area contributed by atoms with E-state index in [-0.39, 0.29) is 37.9 Å². The van der Waals surface area contributed by atoms with E-state index in [0.29, 0.717) is 42.5 Å². The lowest BCUT2D eigenvalue weighted by atomic mass is 10.1. The van der Waals surface area contributed by atoms with Crippen LogP contribution in [0.15, 0.2) is 53.4 Å². The fourth-order valence-corrected chi connectivity index (χ4v) is 6.95. The van der Waals surface area contributed by atoms with E-state index in [1.807, 2.05) is 11.8 Å². The van der Waals surface area contributed by atoms with Gasteiger partial charge in [-0.15, -0.1) is 0 Å². The number of rotatable bonds is 8. The maximum Gasteiger partial charge on any atom is 0.319 e. The van der Waals surface area contributed by atoms with Crippen LogP contribution in [0.25, 0.3) is 11.4 Å². The number of ether oxygens (including phenoxy) is 1. The van der Waals surface area contributed by atoms with E-state index in [9.17, 15) is 22.7 Å². The number of hydrogen-bond acceptors (Lipinski definition) is 8. The molecule has 1 aromatic heterocycles. The van der Waals surface area contributed by atoms with E-state index in [4.69, 9.17) is 19.8 Å². The van der Waals surface area contributed by atoms with Gasteiger partial charge in [-0.25, -0.2) is 23.5 Å². The molecule has 0 bridgehead atoms. The molecule has 40 heavy (non-hydrogen) atoms. The Morgan fingerprint density at radius 1 is 1.15 bits per heavy atom. The Balaban J connectivity index is 1.55. The molecule has 214 valence electrons. The monoisotopic (exact) mass is 575 g/mol. The van der Waals surface area contributed by atoms with Crippen LogP contribution in [0.2, 0.25) is 0 Å². The third-order valence-corrected chi connectivity index (χ3v) is 9.76. The Morgan fingerprint density at radius 3 is 2.48 bits per heavy atom. The number of morpholine rings is 1. The highest BCUT2D eigenvalue weighted by atomic mass is 32.3. The molecule has 2 aromatic carbocycles. The number of nitrogens with one attached hydrogen (secondary N) is 2. The number of carbonyl (C=O) groups excluding carboxylic acids is 1. The van der Waals surface area contributed by atoms with E-state index in [2.05, 4.69) is 10.6 Å². The SMILES string of the molecule is C[C@H]1COCCN1c1cc(C2(S(O)(O)c3c(F)cccc3F)CC2)nc(-c2ccc(NC(=O)NCCO)cc2)n1.